The molecule has 0 heterocycles. The molecular formula is C11H14FNOS. The summed E-state index contributed by atoms with van der Waals surface area (Å²) >= 11 is 5.10. The highest BCUT2D eigenvalue weighted by molar-refractivity contribution is 7.80. The molecule has 0 spiro atoms. The molecule has 0 saturated heterocycles. The fraction of sp³-hybridized carbons (Fsp3) is 0.364. The number of thiocarbonyl (C=S) groups is 1. The van der Waals surface area contributed by atoms with Crippen molar-refractivity contribution in [2.45, 2.75) is 13.8 Å². The zero-order valence-electron chi connectivity index (χ0n) is 8.87. The van der Waals surface area contributed by atoms with Crippen molar-refractivity contribution < 1.29 is 9.13 Å². The highest BCUT2D eigenvalue weighted by Crippen LogP contribution is 2.12. The van der Waals surface area contributed by atoms with E-state index in [1.54, 1.807) is 12.1 Å². The van der Waals surface area contributed by atoms with Gasteiger partial charge in [0.25, 0.3) is 5.17 Å². The Morgan fingerprint density at radius 3 is 2.27 bits per heavy atom. The maximum absolute atomic E-state index is 12.6. The summed E-state index contributed by atoms with van der Waals surface area (Å²) in [5.41, 5.74) is 0. The minimum atomic E-state index is -0.281. The molecule has 1 aromatic carbocycles. The monoisotopic (exact) mass is 227 g/mol. The number of hydrogen-bond acceptors (Lipinski definition) is 2. The summed E-state index contributed by atoms with van der Waals surface area (Å²) in [6.45, 7) is 5.61. The van der Waals surface area contributed by atoms with Crippen LogP contribution in [0.15, 0.2) is 24.3 Å². The summed E-state index contributed by atoms with van der Waals surface area (Å²) in [7, 11) is 0. The second kappa shape index (κ2) is 5.66. The van der Waals surface area contributed by atoms with Crippen molar-refractivity contribution in [3.05, 3.63) is 30.1 Å². The standard InChI is InChI=1S/C11H14FNOS/c1-3-13(4-2)11(15)14-10-7-5-9(12)6-8-10/h5-8H,3-4H2,1-2H3. The van der Waals surface area contributed by atoms with Crippen LogP contribution in [0.1, 0.15) is 13.8 Å². The lowest BCUT2D eigenvalue weighted by Crippen LogP contribution is -2.32. The highest BCUT2D eigenvalue weighted by atomic mass is 32.1. The van der Waals surface area contributed by atoms with Crippen molar-refractivity contribution >= 4 is 17.4 Å². The molecule has 0 aromatic heterocycles. The van der Waals surface area contributed by atoms with Crippen molar-refractivity contribution in [2.75, 3.05) is 13.1 Å². The van der Waals surface area contributed by atoms with Crippen LogP contribution in [-0.4, -0.2) is 23.2 Å². The zero-order valence-corrected chi connectivity index (χ0v) is 9.68. The third-order valence-electron chi connectivity index (χ3n) is 2.04. The molecule has 1 aromatic rings. The fourth-order valence-electron chi connectivity index (χ4n) is 1.15. The summed E-state index contributed by atoms with van der Waals surface area (Å²) in [6, 6.07) is 5.82. The summed E-state index contributed by atoms with van der Waals surface area (Å²) in [5.74, 6) is 0.282. The van der Waals surface area contributed by atoms with Gasteiger partial charge in [-0.2, -0.15) is 0 Å². The number of ether oxygens (including phenoxy) is 1. The average molecular weight is 227 g/mol. The van der Waals surface area contributed by atoms with Gasteiger partial charge in [-0.05, 0) is 50.3 Å². The van der Waals surface area contributed by atoms with Crippen LogP contribution >= 0.6 is 12.2 Å². The maximum atomic E-state index is 12.6. The van der Waals surface area contributed by atoms with Gasteiger partial charge in [-0.1, -0.05) is 0 Å². The summed E-state index contributed by atoms with van der Waals surface area (Å²) in [4.78, 5) is 1.92. The van der Waals surface area contributed by atoms with Crippen LogP contribution in [0.4, 0.5) is 4.39 Å². The van der Waals surface area contributed by atoms with Crippen LogP contribution in [0.3, 0.4) is 0 Å². The number of benzene rings is 1. The molecule has 4 heteroatoms. The molecule has 2 nitrogen and oxygen atoms in total. The molecule has 0 aliphatic rings. The lowest BCUT2D eigenvalue weighted by Gasteiger charge is -2.20. The average Bonchev–Trinajstić information content (AvgIpc) is 2.23. The first-order valence-corrected chi connectivity index (χ1v) is 5.30. The van der Waals surface area contributed by atoms with Gasteiger partial charge < -0.3 is 9.64 Å². The van der Waals surface area contributed by atoms with Crippen molar-refractivity contribution in [3.63, 3.8) is 0 Å². The second-order valence-corrected chi connectivity index (χ2v) is 3.34. The summed E-state index contributed by atoms with van der Waals surface area (Å²) in [6.07, 6.45) is 0. The molecule has 0 radical (unpaired) electrons. The predicted octanol–water partition coefficient (Wildman–Crippen LogP) is 2.83. The smallest absolute Gasteiger partial charge is 0.264 e. The summed E-state index contributed by atoms with van der Waals surface area (Å²) in [5, 5.41) is 0.423. The van der Waals surface area contributed by atoms with E-state index in [4.69, 9.17) is 17.0 Å². The number of rotatable bonds is 3. The fourth-order valence-corrected chi connectivity index (χ4v) is 1.50. The molecule has 0 saturated carbocycles. The Hall–Kier alpha value is -1.16. The number of halogens is 1. The number of nitrogens with zero attached hydrogens (tertiary/aromatic N) is 1. The minimum absolute atomic E-state index is 0.281. The van der Waals surface area contributed by atoms with E-state index in [-0.39, 0.29) is 5.82 Å². The van der Waals surface area contributed by atoms with Crippen LogP contribution < -0.4 is 4.74 Å². The van der Waals surface area contributed by atoms with Crippen LogP contribution in [0.2, 0.25) is 0 Å². The molecule has 0 unspecified atom stereocenters. The van der Waals surface area contributed by atoms with Crippen LogP contribution in [-0.2, 0) is 0 Å². The van der Waals surface area contributed by atoms with Gasteiger partial charge in [-0.3, -0.25) is 0 Å². The second-order valence-electron chi connectivity index (χ2n) is 2.99. The molecular weight excluding hydrogens is 213 g/mol. The molecule has 0 fully saturated rings. The lowest BCUT2D eigenvalue weighted by atomic mass is 10.3. The van der Waals surface area contributed by atoms with Crippen molar-refractivity contribution in [1.29, 1.82) is 0 Å². The Labute approximate surface area is 94.7 Å². The first kappa shape index (κ1) is 11.9. The Balaban J connectivity index is 2.61. The van der Waals surface area contributed by atoms with E-state index in [1.807, 2.05) is 18.7 Å². The summed E-state index contributed by atoms with van der Waals surface area (Å²) < 4.78 is 18.0. The van der Waals surface area contributed by atoms with Crippen molar-refractivity contribution in [2.24, 2.45) is 0 Å². The molecule has 82 valence electrons. The Bertz CT molecular complexity index is 322. The first-order chi connectivity index (χ1) is 7.17. The number of hydrogen-bond donors (Lipinski definition) is 0. The van der Waals surface area contributed by atoms with Gasteiger partial charge in [-0.25, -0.2) is 4.39 Å². The SMILES string of the molecule is CCN(CC)C(=S)Oc1ccc(F)cc1. The van der Waals surface area contributed by atoms with Gasteiger partial charge in [0, 0.05) is 13.1 Å². The van der Waals surface area contributed by atoms with Crippen LogP contribution in [0, 0.1) is 5.82 Å². The topological polar surface area (TPSA) is 12.5 Å². The van der Waals surface area contributed by atoms with Gasteiger partial charge in [0.2, 0.25) is 0 Å². The third-order valence-corrected chi connectivity index (χ3v) is 2.38. The first-order valence-electron chi connectivity index (χ1n) is 4.89. The van der Waals surface area contributed by atoms with Gasteiger partial charge >= 0.3 is 0 Å². The Kier molecular flexibility index (Phi) is 4.49. The van der Waals surface area contributed by atoms with Gasteiger partial charge in [0.1, 0.15) is 11.6 Å². The Morgan fingerprint density at radius 2 is 1.80 bits per heavy atom. The maximum Gasteiger partial charge on any atom is 0.264 e. The minimum Gasteiger partial charge on any atom is -0.432 e. The van der Waals surface area contributed by atoms with E-state index < -0.39 is 0 Å². The van der Waals surface area contributed by atoms with Crippen molar-refractivity contribution in [3.8, 4) is 5.75 Å². The highest BCUT2D eigenvalue weighted by Gasteiger charge is 2.07. The third kappa shape index (κ3) is 3.47. The van der Waals surface area contributed by atoms with Gasteiger partial charge in [-0.15, -0.1) is 0 Å². The van der Waals surface area contributed by atoms with E-state index in [9.17, 15) is 4.39 Å². The largest absolute Gasteiger partial charge is 0.432 e. The molecule has 1 rings (SSSR count). The van der Waals surface area contributed by atoms with E-state index in [1.165, 1.54) is 12.1 Å². The van der Waals surface area contributed by atoms with E-state index in [0.29, 0.717) is 10.9 Å². The lowest BCUT2D eigenvalue weighted by molar-refractivity contribution is 0.378. The predicted molar refractivity (Wildman–Crippen MR) is 62.5 cm³/mol. The van der Waals surface area contributed by atoms with Crippen molar-refractivity contribution in [1.82, 2.24) is 4.90 Å². The van der Waals surface area contributed by atoms with Gasteiger partial charge in [0.05, 0.1) is 0 Å². The van der Waals surface area contributed by atoms with E-state index in [2.05, 4.69) is 0 Å². The molecule has 0 aliphatic carbocycles. The molecule has 15 heavy (non-hydrogen) atoms. The Morgan fingerprint density at radius 1 is 1.27 bits per heavy atom. The van der Waals surface area contributed by atoms with E-state index in [0.717, 1.165) is 13.1 Å². The molecule has 0 amide bonds. The molecule has 0 aliphatic heterocycles. The zero-order chi connectivity index (χ0) is 11.3. The normalized spacial score (nSPS) is 9.80. The quantitative estimate of drug-likeness (QED) is 0.737. The molecule has 0 N–H and O–H groups in total. The van der Waals surface area contributed by atoms with Crippen LogP contribution in [0.5, 0.6) is 5.75 Å². The van der Waals surface area contributed by atoms with E-state index >= 15 is 0 Å². The van der Waals surface area contributed by atoms with Crippen LogP contribution in [0.25, 0.3) is 0 Å². The molecule has 0 atom stereocenters. The molecule has 0 bridgehead atoms. The van der Waals surface area contributed by atoms with Gasteiger partial charge in [0.15, 0.2) is 0 Å².